The van der Waals surface area contributed by atoms with E-state index in [4.69, 9.17) is 0 Å². The van der Waals surface area contributed by atoms with Crippen molar-refractivity contribution >= 4 is 5.97 Å². The Morgan fingerprint density at radius 3 is 2.75 bits per heavy atom. The molecule has 20 heavy (non-hydrogen) atoms. The van der Waals surface area contributed by atoms with Crippen molar-refractivity contribution in [2.45, 2.75) is 56.7 Å². The van der Waals surface area contributed by atoms with Gasteiger partial charge in [0.05, 0.1) is 0 Å². The summed E-state index contributed by atoms with van der Waals surface area (Å²) in [5.41, 5.74) is -0.794. The van der Waals surface area contributed by atoms with Crippen LogP contribution >= 0.6 is 0 Å². The van der Waals surface area contributed by atoms with Crippen LogP contribution in [-0.2, 0) is 4.79 Å². The number of fused-ring (bicyclic) bond motifs is 1. The zero-order valence-electron chi connectivity index (χ0n) is 12.5. The summed E-state index contributed by atoms with van der Waals surface area (Å²) in [4.78, 5) is 16.6. The van der Waals surface area contributed by atoms with E-state index in [-0.39, 0.29) is 0 Å². The van der Waals surface area contributed by atoms with E-state index in [1.165, 1.54) is 25.8 Å². The van der Waals surface area contributed by atoms with E-state index in [2.05, 4.69) is 15.1 Å². The summed E-state index contributed by atoms with van der Waals surface area (Å²) in [6.45, 7) is 6.85. The van der Waals surface area contributed by atoms with Gasteiger partial charge in [-0.2, -0.15) is 0 Å². The molecule has 2 heterocycles. The quantitative estimate of drug-likeness (QED) is 0.779. The van der Waals surface area contributed by atoms with Crippen molar-refractivity contribution < 1.29 is 9.90 Å². The van der Waals surface area contributed by atoms with Crippen molar-refractivity contribution in [1.29, 1.82) is 0 Å². The van der Waals surface area contributed by atoms with E-state index >= 15 is 0 Å². The van der Waals surface area contributed by atoms with Gasteiger partial charge in [-0.25, -0.2) is 0 Å². The number of piperidine rings is 1. The maximum atomic E-state index is 11.6. The van der Waals surface area contributed by atoms with Gasteiger partial charge in [0.15, 0.2) is 0 Å². The summed E-state index contributed by atoms with van der Waals surface area (Å²) in [7, 11) is 0. The van der Waals surface area contributed by atoms with Crippen LogP contribution in [0.1, 0.15) is 39.0 Å². The first-order valence-corrected chi connectivity index (χ1v) is 8.04. The fourth-order valence-corrected chi connectivity index (χ4v) is 3.66. The third kappa shape index (κ3) is 3.15. The second-order valence-electron chi connectivity index (χ2n) is 6.98. The number of nitrogens with one attached hydrogen (secondary N) is 1. The highest BCUT2D eigenvalue weighted by Crippen LogP contribution is 2.25. The van der Waals surface area contributed by atoms with Gasteiger partial charge >= 0.3 is 5.97 Å². The number of carbonyl (C=O) groups is 1. The molecule has 2 N–H and O–H groups in total. The number of aliphatic carboxylic acids is 1. The lowest BCUT2D eigenvalue weighted by molar-refractivity contribution is -0.145. The van der Waals surface area contributed by atoms with Crippen molar-refractivity contribution in [2.75, 3.05) is 32.7 Å². The Kier molecular flexibility index (Phi) is 4.02. The zero-order valence-corrected chi connectivity index (χ0v) is 12.5. The molecule has 0 radical (unpaired) electrons. The van der Waals surface area contributed by atoms with Crippen molar-refractivity contribution in [2.24, 2.45) is 0 Å². The van der Waals surface area contributed by atoms with Crippen LogP contribution in [-0.4, -0.2) is 71.2 Å². The molecule has 5 nitrogen and oxygen atoms in total. The number of nitrogens with zero attached hydrogens (tertiary/aromatic N) is 2. The molecule has 5 heteroatoms. The number of carboxylic acids is 1. The molecule has 3 rings (SSSR count). The van der Waals surface area contributed by atoms with Crippen LogP contribution in [0.4, 0.5) is 0 Å². The molecule has 0 amide bonds. The molecule has 2 atom stereocenters. The summed E-state index contributed by atoms with van der Waals surface area (Å²) < 4.78 is 0. The van der Waals surface area contributed by atoms with Crippen molar-refractivity contribution in [3.63, 3.8) is 0 Å². The van der Waals surface area contributed by atoms with Gasteiger partial charge < -0.3 is 5.11 Å². The minimum atomic E-state index is -0.794. The smallest absolute Gasteiger partial charge is 0.324 e. The lowest BCUT2D eigenvalue weighted by atomic mass is 9.96. The molecule has 1 saturated carbocycles. The Bertz CT molecular complexity index is 372. The predicted octanol–water partition coefficient (Wildman–Crippen LogP) is 0.752. The molecule has 0 aromatic heterocycles. The molecule has 0 spiro atoms. The van der Waals surface area contributed by atoms with Gasteiger partial charge in [-0.15, -0.1) is 0 Å². The second kappa shape index (κ2) is 5.62. The first-order chi connectivity index (χ1) is 9.57. The number of rotatable bonds is 5. The third-order valence-corrected chi connectivity index (χ3v) is 5.03. The molecule has 0 bridgehead atoms. The maximum Gasteiger partial charge on any atom is 0.324 e. The Balaban J connectivity index is 1.59. The van der Waals surface area contributed by atoms with Crippen LogP contribution in [0.5, 0.6) is 0 Å². The molecule has 114 valence electrons. The standard InChI is InChI=1S/C15H27N3O2/c1-15(14(19)20,16-12-5-6-12)11-17-8-9-18-7-3-2-4-13(18)10-17/h12-13,16H,2-11H2,1H3,(H,19,20). The number of piperazine rings is 1. The molecule has 3 aliphatic rings. The molecule has 2 unspecified atom stereocenters. The summed E-state index contributed by atoms with van der Waals surface area (Å²) in [6.07, 6.45) is 6.17. The summed E-state index contributed by atoms with van der Waals surface area (Å²) in [5, 5.41) is 12.9. The van der Waals surface area contributed by atoms with Gasteiger partial charge in [0.2, 0.25) is 0 Å². The Morgan fingerprint density at radius 2 is 2.05 bits per heavy atom. The van der Waals surface area contributed by atoms with Gasteiger partial charge in [0, 0.05) is 38.3 Å². The van der Waals surface area contributed by atoms with Crippen molar-refractivity contribution in [3.05, 3.63) is 0 Å². The summed E-state index contributed by atoms with van der Waals surface area (Å²) in [5.74, 6) is -0.713. The van der Waals surface area contributed by atoms with Crippen molar-refractivity contribution in [3.8, 4) is 0 Å². The van der Waals surface area contributed by atoms with Crippen LogP contribution in [0.25, 0.3) is 0 Å². The average Bonchev–Trinajstić information content (AvgIpc) is 3.22. The molecule has 0 aromatic carbocycles. The van der Waals surface area contributed by atoms with Crippen LogP contribution in [0, 0.1) is 0 Å². The summed E-state index contributed by atoms with van der Waals surface area (Å²) in [6, 6.07) is 1.07. The van der Waals surface area contributed by atoms with E-state index in [9.17, 15) is 9.90 Å². The SMILES string of the molecule is CC(CN1CCN2CCCCC2C1)(NC1CC1)C(=O)O. The maximum absolute atomic E-state index is 11.6. The first kappa shape index (κ1) is 14.3. The Labute approximate surface area is 121 Å². The third-order valence-electron chi connectivity index (χ3n) is 5.03. The van der Waals surface area contributed by atoms with Crippen LogP contribution in [0.15, 0.2) is 0 Å². The van der Waals surface area contributed by atoms with Gasteiger partial charge in [-0.3, -0.25) is 19.9 Å². The van der Waals surface area contributed by atoms with Crippen LogP contribution in [0.2, 0.25) is 0 Å². The minimum Gasteiger partial charge on any atom is -0.480 e. The minimum absolute atomic E-state index is 0.423. The number of carboxylic acid groups (broad SMARTS) is 1. The topological polar surface area (TPSA) is 55.8 Å². The number of hydrogen-bond acceptors (Lipinski definition) is 4. The molecule has 0 aromatic rings. The Morgan fingerprint density at radius 1 is 1.25 bits per heavy atom. The van der Waals surface area contributed by atoms with Gasteiger partial charge in [0.25, 0.3) is 0 Å². The molecule has 2 saturated heterocycles. The molecule has 1 aliphatic carbocycles. The van der Waals surface area contributed by atoms with E-state index < -0.39 is 11.5 Å². The Hall–Kier alpha value is -0.650. The summed E-state index contributed by atoms with van der Waals surface area (Å²) >= 11 is 0. The van der Waals surface area contributed by atoms with Crippen molar-refractivity contribution in [1.82, 2.24) is 15.1 Å². The first-order valence-electron chi connectivity index (χ1n) is 8.04. The lowest BCUT2D eigenvalue weighted by Crippen LogP contribution is -2.62. The largest absolute Gasteiger partial charge is 0.480 e. The van der Waals surface area contributed by atoms with Gasteiger partial charge in [-0.05, 0) is 39.2 Å². The highest BCUT2D eigenvalue weighted by atomic mass is 16.4. The fourth-order valence-electron chi connectivity index (χ4n) is 3.66. The van der Waals surface area contributed by atoms with Gasteiger partial charge in [0.1, 0.15) is 5.54 Å². The molecular formula is C15H27N3O2. The van der Waals surface area contributed by atoms with E-state index in [0.29, 0.717) is 18.6 Å². The number of hydrogen-bond donors (Lipinski definition) is 2. The normalized spacial score (nSPS) is 31.6. The fraction of sp³-hybridized carbons (Fsp3) is 0.933. The highest BCUT2D eigenvalue weighted by molar-refractivity contribution is 5.78. The molecule has 2 aliphatic heterocycles. The highest BCUT2D eigenvalue weighted by Gasteiger charge is 2.41. The van der Waals surface area contributed by atoms with E-state index in [1.54, 1.807) is 0 Å². The molecule has 3 fully saturated rings. The van der Waals surface area contributed by atoms with Gasteiger partial charge in [-0.1, -0.05) is 6.42 Å². The monoisotopic (exact) mass is 281 g/mol. The second-order valence-corrected chi connectivity index (χ2v) is 6.98. The molecular weight excluding hydrogens is 254 g/mol. The van der Waals surface area contributed by atoms with Crippen LogP contribution < -0.4 is 5.32 Å². The average molecular weight is 281 g/mol. The zero-order chi connectivity index (χ0) is 14.2. The van der Waals surface area contributed by atoms with E-state index in [1.807, 2.05) is 6.92 Å². The van der Waals surface area contributed by atoms with Crippen LogP contribution in [0.3, 0.4) is 0 Å². The predicted molar refractivity (Wildman–Crippen MR) is 77.9 cm³/mol. The van der Waals surface area contributed by atoms with E-state index in [0.717, 1.165) is 32.5 Å². The lowest BCUT2D eigenvalue weighted by Gasteiger charge is -2.45.